The van der Waals surface area contributed by atoms with Gasteiger partial charge in [-0.3, -0.25) is 9.59 Å². The normalized spacial score (nSPS) is 14.1. The average molecular weight is 238 g/mol. The minimum atomic E-state index is -0.418. The minimum absolute atomic E-state index is 0.00823. The molecule has 0 spiro atoms. The van der Waals surface area contributed by atoms with Crippen molar-refractivity contribution >= 4 is 5.91 Å². The van der Waals surface area contributed by atoms with Crippen molar-refractivity contribution in [1.29, 1.82) is 0 Å². The topological polar surface area (TPSA) is 82.2 Å². The second kappa shape index (κ2) is 5.63. The number of aliphatic hydroxyl groups excluding tert-OH is 1. The van der Waals surface area contributed by atoms with Crippen LogP contribution in [0.4, 0.5) is 0 Å². The van der Waals surface area contributed by atoms with Crippen molar-refractivity contribution in [2.75, 3.05) is 6.61 Å². The number of H-pyrrole nitrogens is 1. The van der Waals surface area contributed by atoms with Gasteiger partial charge in [-0.15, -0.1) is 0 Å². The predicted octanol–water partition coefficient (Wildman–Crippen LogP) is 0.430. The number of rotatable bonds is 4. The predicted molar refractivity (Wildman–Crippen MR) is 65.0 cm³/mol. The second-order valence-corrected chi connectivity index (χ2v) is 4.31. The Morgan fingerprint density at radius 1 is 1.47 bits per heavy atom. The van der Waals surface area contributed by atoms with E-state index in [-0.39, 0.29) is 24.1 Å². The number of nitrogens with one attached hydrogen (secondary N) is 2. The third-order valence-electron chi connectivity index (χ3n) is 2.80. The number of carbonyl (C=O) groups is 1. The summed E-state index contributed by atoms with van der Waals surface area (Å²) in [5.41, 5.74) is 0.405. The van der Waals surface area contributed by atoms with E-state index in [0.29, 0.717) is 5.69 Å². The van der Waals surface area contributed by atoms with Crippen LogP contribution >= 0.6 is 0 Å². The summed E-state index contributed by atoms with van der Waals surface area (Å²) in [7, 11) is 0. The molecule has 5 nitrogen and oxygen atoms in total. The largest absolute Gasteiger partial charge is 0.396 e. The molecule has 94 valence electrons. The highest BCUT2D eigenvalue weighted by molar-refractivity contribution is 5.93. The number of aryl methyl sites for hydroxylation is 1. The summed E-state index contributed by atoms with van der Waals surface area (Å²) in [4.78, 5) is 25.9. The van der Waals surface area contributed by atoms with E-state index in [4.69, 9.17) is 5.11 Å². The van der Waals surface area contributed by atoms with E-state index >= 15 is 0 Å². The molecule has 17 heavy (non-hydrogen) atoms. The molecule has 2 unspecified atom stereocenters. The molecule has 2 atom stereocenters. The molecule has 0 bridgehead atoms. The van der Waals surface area contributed by atoms with Crippen LogP contribution < -0.4 is 10.9 Å². The van der Waals surface area contributed by atoms with Crippen LogP contribution in [0.3, 0.4) is 0 Å². The molecule has 1 heterocycles. The Kier molecular flexibility index (Phi) is 4.45. The summed E-state index contributed by atoms with van der Waals surface area (Å²) in [6.45, 7) is 5.36. The highest BCUT2D eigenvalue weighted by Gasteiger charge is 2.16. The Bertz CT molecular complexity index is 453. The second-order valence-electron chi connectivity index (χ2n) is 4.31. The maximum atomic E-state index is 11.8. The smallest absolute Gasteiger partial charge is 0.260 e. The van der Waals surface area contributed by atoms with Gasteiger partial charge in [0.1, 0.15) is 5.56 Å². The number of carbonyl (C=O) groups excluding carboxylic acids is 1. The van der Waals surface area contributed by atoms with Crippen molar-refractivity contribution < 1.29 is 9.90 Å². The van der Waals surface area contributed by atoms with E-state index in [9.17, 15) is 9.59 Å². The molecule has 0 aliphatic carbocycles. The van der Waals surface area contributed by atoms with E-state index in [0.717, 1.165) is 0 Å². The highest BCUT2D eigenvalue weighted by Crippen LogP contribution is 2.02. The Hall–Kier alpha value is -1.62. The van der Waals surface area contributed by atoms with Crippen LogP contribution in [0.5, 0.6) is 0 Å². The van der Waals surface area contributed by atoms with E-state index in [1.165, 1.54) is 6.07 Å². The first-order valence-corrected chi connectivity index (χ1v) is 5.57. The molecule has 1 rings (SSSR count). The van der Waals surface area contributed by atoms with Crippen molar-refractivity contribution in [2.45, 2.75) is 26.8 Å². The van der Waals surface area contributed by atoms with Crippen LogP contribution in [-0.2, 0) is 0 Å². The first-order chi connectivity index (χ1) is 7.95. The zero-order chi connectivity index (χ0) is 13.0. The zero-order valence-electron chi connectivity index (χ0n) is 10.3. The van der Waals surface area contributed by atoms with Gasteiger partial charge in [0.15, 0.2) is 0 Å². The Morgan fingerprint density at radius 3 is 2.65 bits per heavy atom. The molecule has 1 aromatic heterocycles. The van der Waals surface area contributed by atoms with Crippen molar-refractivity contribution in [1.82, 2.24) is 10.3 Å². The molecule has 0 aliphatic rings. The van der Waals surface area contributed by atoms with E-state index in [1.807, 2.05) is 6.92 Å². The van der Waals surface area contributed by atoms with E-state index in [2.05, 4.69) is 10.3 Å². The van der Waals surface area contributed by atoms with Crippen LogP contribution in [-0.4, -0.2) is 28.6 Å². The van der Waals surface area contributed by atoms with Gasteiger partial charge in [-0.05, 0) is 31.9 Å². The minimum Gasteiger partial charge on any atom is -0.396 e. The molecular weight excluding hydrogens is 220 g/mol. The van der Waals surface area contributed by atoms with Crippen molar-refractivity contribution in [3.63, 3.8) is 0 Å². The van der Waals surface area contributed by atoms with Crippen molar-refractivity contribution in [3.8, 4) is 0 Å². The third kappa shape index (κ3) is 3.42. The zero-order valence-corrected chi connectivity index (χ0v) is 10.3. The molecule has 0 aliphatic heterocycles. The third-order valence-corrected chi connectivity index (χ3v) is 2.80. The van der Waals surface area contributed by atoms with Crippen LogP contribution in [0.25, 0.3) is 0 Å². The van der Waals surface area contributed by atoms with Gasteiger partial charge in [0, 0.05) is 18.3 Å². The fraction of sp³-hybridized carbons (Fsp3) is 0.500. The number of aromatic nitrogens is 1. The maximum Gasteiger partial charge on any atom is 0.260 e. The Balaban J connectivity index is 2.80. The molecule has 1 aromatic rings. The van der Waals surface area contributed by atoms with Gasteiger partial charge in [0.05, 0.1) is 0 Å². The maximum absolute atomic E-state index is 11.8. The number of hydrogen-bond acceptors (Lipinski definition) is 3. The molecule has 0 aromatic carbocycles. The number of hydrogen-bond donors (Lipinski definition) is 3. The average Bonchev–Trinajstić information content (AvgIpc) is 2.27. The van der Waals surface area contributed by atoms with Gasteiger partial charge in [-0.1, -0.05) is 6.92 Å². The summed E-state index contributed by atoms with van der Waals surface area (Å²) in [6, 6.07) is 2.99. The monoisotopic (exact) mass is 238 g/mol. The number of pyridine rings is 1. The van der Waals surface area contributed by atoms with Gasteiger partial charge in [0.25, 0.3) is 11.5 Å². The standard InChI is InChI=1S/C12H18N2O3/c1-7(6-15)9(3)14-12(17)10-5-4-8(2)13-11(10)16/h4-5,7,9,15H,6H2,1-3H3,(H,13,16)(H,14,17). The van der Waals surface area contributed by atoms with Gasteiger partial charge >= 0.3 is 0 Å². The molecule has 5 heteroatoms. The molecule has 1 amide bonds. The van der Waals surface area contributed by atoms with E-state index < -0.39 is 11.5 Å². The summed E-state index contributed by atoms with van der Waals surface area (Å²) >= 11 is 0. The van der Waals surface area contributed by atoms with Gasteiger partial charge in [-0.2, -0.15) is 0 Å². The highest BCUT2D eigenvalue weighted by atomic mass is 16.3. The number of aliphatic hydroxyl groups is 1. The van der Waals surface area contributed by atoms with Crippen LogP contribution in [0.15, 0.2) is 16.9 Å². The lowest BCUT2D eigenvalue weighted by molar-refractivity contribution is 0.0914. The van der Waals surface area contributed by atoms with Crippen LogP contribution in [0.2, 0.25) is 0 Å². The Labute approximate surface area is 99.9 Å². The fourth-order valence-corrected chi connectivity index (χ4v) is 1.34. The molecule has 0 fully saturated rings. The summed E-state index contributed by atoms with van der Waals surface area (Å²) in [6.07, 6.45) is 0. The van der Waals surface area contributed by atoms with E-state index in [1.54, 1.807) is 19.9 Å². The number of amides is 1. The summed E-state index contributed by atoms with van der Waals surface area (Å²) < 4.78 is 0. The summed E-state index contributed by atoms with van der Waals surface area (Å²) in [5, 5.41) is 11.6. The van der Waals surface area contributed by atoms with Crippen molar-refractivity contribution in [3.05, 3.63) is 33.7 Å². The molecular formula is C12H18N2O3. The SMILES string of the molecule is Cc1ccc(C(=O)NC(C)C(C)CO)c(=O)[nH]1. The number of aromatic amines is 1. The van der Waals surface area contributed by atoms with Gasteiger partial charge < -0.3 is 15.4 Å². The lowest BCUT2D eigenvalue weighted by atomic mass is 10.0. The lowest BCUT2D eigenvalue weighted by Crippen LogP contribution is -2.40. The summed E-state index contributed by atoms with van der Waals surface area (Å²) in [5.74, 6) is -0.470. The molecule has 0 saturated heterocycles. The first-order valence-electron chi connectivity index (χ1n) is 5.57. The molecule has 0 saturated carbocycles. The van der Waals surface area contributed by atoms with Crippen molar-refractivity contribution in [2.24, 2.45) is 5.92 Å². The Morgan fingerprint density at radius 2 is 2.12 bits per heavy atom. The van der Waals surface area contributed by atoms with Gasteiger partial charge in [0.2, 0.25) is 0 Å². The lowest BCUT2D eigenvalue weighted by Gasteiger charge is -2.18. The van der Waals surface area contributed by atoms with Crippen LogP contribution in [0, 0.1) is 12.8 Å². The van der Waals surface area contributed by atoms with Gasteiger partial charge in [-0.25, -0.2) is 0 Å². The molecule has 0 radical (unpaired) electrons. The quantitative estimate of drug-likeness (QED) is 0.711. The van der Waals surface area contributed by atoms with Crippen LogP contribution in [0.1, 0.15) is 29.9 Å². The fourth-order valence-electron chi connectivity index (χ4n) is 1.34. The first kappa shape index (κ1) is 13.4. The molecule has 3 N–H and O–H groups in total.